The smallest absolute Gasteiger partial charge is 0.00952 e. The number of rotatable bonds is 5. The molecule has 1 fully saturated rings. The second-order valence-electron chi connectivity index (χ2n) is 3.81. The third kappa shape index (κ3) is 2.63. The van der Waals surface area contributed by atoms with E-state index in [0.29, 0.717) is 0 Å². The van der Waals surface area contributed by atoms with Crippen LogP contribution in [-0.2, 0) is 0 Å². The van der Waals surface area contributed by atoms with E-state index in [4.69, 9.17) is 0 Å². The van der Waals surface area contributed by atoms with E-state index < -0.39 is 0 Å². The number of nitrogens with one attached hydrogen (secondary N) is 1. The minimum atomic E-state index is 0.741. The number of hydrogen-bond donors (Lipinski definition) is 1. The van der Waals surface area contributed by atoms with Crippen molar-refractivity contribution in [2.24, 2.45) is 5.92 Å². The van der Waals surface area contributed by atoms with Crippen LogP contribution in [0, 0.1) is 5.92 Å². The summed E-state index contributed by atoms with van der Waals surface area (Å²) in [7, 11) is 2.09. The van der Waals surface area contributed by atoms with Crippen LogP contribution in [0.1, 0.15) is 38.5 Å². The lowest BCUT2D eigenvalue weighted by Crippen LogP contribution is -2.31. The van der Waals surface area contributed by atoms with Gasteiger partial charge in [-0.2, -0.15) is 0 Å². The van der Waals surface area contributed by atoms with E-state index in [9.17, 15) is 0 Å². The summed E-state index contributed by atoms with van der Waals surface area (Å²) in [4.78, 5) is 0. The molecule has 1 nitrogen and oxygen atoms in total. The Kier molecular flexibility index (Phi) is 4.37. The fourth-order valence-corrected chi connectivity index (χ4v) is 2.27. The Labute approximate surface area is 76.2 Å². The summed E-state index contributed by atoms with van der Waals surface area (Å²) in [6, 6.07) is 0.741. The quantitative estimate of drug-likeness (QED) is 0.621. The van der Waals surface area contributed by atoms with Crippen LogP contribution in [0.25, 0.3) is 0 Å². The maximum atomic E-state index is 3.77. The molecular formula is C11H21N. The van der Waals surface area contributed by atoms with Gasteiger partial charge in [-0.25, -0.2) is 0 Å². The fraction of sp³-hybridized carbons (Fsp3) is 0.818. The van der Waals surface area contributed by atoms with E-state index in [1.54, 1.807) is 0 Å². The molecule has 0 radical (unpaired) electrons. The lowest BCUT2D eigenvalue weighted by molar-refractivity contribution is 0.362. The standard InChI is InChI=1S/C11H21N/c1-3-4-9-11(12-2)10-7-5-6-8-10/h3,10-12H,1,4-9H2,2H3. The van der Waals surface area contributed by atoms with Gasteiger partial charge in [0, 0.05) is 6.04 Å². The number of allylic oxidation sites excluding steroid dienone is 1. The summed E-state index contributed by atoms with van der Waals surface area (Å²) in [5.74, 6) is 0.940. The second kappa shape index (κ2) is 5.36. The molecule has 1 aliphatic carbocycles. The molecule has 0 aliphatic heterocycles. The highest BCUT2D eigenvalue weighted by Crippen LogP contribution is 2.29. The van der Waals surface area contributed by atoms with Crippen molar-refractivity contribution >= 4 is 0 Å². The third-order valence-corrected chi connectivity index (χ3v) is 3.02. The molecule has 0 saturated heterocycles. The van der Waals surface area contributed by atoms with Crippen LogP contribution in [0.3, 0.4) is 0 Å². The first kappa shape index (κ1) is 9.79. The SMILES string of the molecule is C=CCCC(NC)C1CCCC1. The lowest BCUT2D eigenvalue weighted by atomic mass is 9.94. The van der Waals surface area contributed by atoms with Crippen LogP contribution in [0.15, 0.2) is 12.7 Å². The van der Waals surface area contributed by atoms with Crippen LogP contribution in [-0.4, -0.2) is 13.1 Å². The van der Waals surface area contributed by atoms with Crippen LogP contribution >= 0.6 is 0 Å². The zero-order chi connectivity index (χ0) is 8.81. The predicted molar refractivity (Wildman–Crippen MR) is 54.2 cm³/mol. The van der Waals surface area contributed by atoms with Crippen LogP contribution in [0.5, 0.6) is 0 Å². The van der Waals surface area contributed by atoms with Gasteiger partial charge in [-0.3, -0.25) is 0 Å². The normalized spacial score (nSPS) is 21.1. The Balaban J connectivity index is 2.27. The van der Waals surface area contributed by atoms with Crippen molar-refractivity contribution in [3.63, 3.8) is 0 Å². The molecule has 0 aromatic carbocycles. The first-order valence-corrected chi connectivity index (χ1v) is 5.16. The van der Waals surface area contributed by atoms with E-state index >= 15 is 0 Å². The zero-order valence-corrected chi connectivity index (χ0v) is 8.18. The van der Waals surface area contributed by atoms with E-state index in [0.717, 1.165) is 18.4 Å². The van der Waals surface area contributed by atoms with Gasteiger partial charge in [0.15, 0.2) is 0 Å². The van der Waals surface area contributed by atoms with Crippen molar-refractivity contribution in [2.45, 2.75) is 44.6 Å². The van der Waals surface area contributed by atoms with Gasteiger partial charge in [-0.1, -0.05) is 18.9 Å². The highest BCUT2D eigenvalue weighted by Gasteiger charge is 2.22. The second-order valence-corrected chi connectivity index (χ2v) is 3.81. The van der Waals surface area contributed by atoms with Gasteiger partial charge < -0.3 is 5.32 Å². The van der Waals surface area contributed by atoms with E-state index in [1.165, 1.54) is 32.1 Å². The highest BCUT2D eigenvalue weighted by atomic mass is 14.9. The first-order valence-electron chi connectivity index (χ1n) is 5.16. The molecule has 1 saturated carbocycles. The third-order valence-electron chi connectivity index (χ3n) is 3.02. The van der Waals surface area contributed by atoms with Crippen LogP contribution in [0.4, 0.5) is 0 Å². The molecule has 12 heavy (non-hydrogen) atoms. The van der Waals surface area contributed by atoms with Gasteiger partial charge in [0.25, 0.3) is 0 Å². The summed E-state index contributed by atoms with van der Waals surface area (Å²) in [5, 5.41) is 3.43. The average molecular weight is 167 g/mol. The molecule has 0 bridgehead atoms. The minimum absolute atomic E-state index is 0.741. The summed E-state index contributed by atoms with van der Waals surface area (Å²) < 4.78 is 0. The molecular weight excluding hydrogens is 146 g/mol. The topological polar surface area (TPSA) is 12.0 Å². The van der Waals surface area contributed by atoms with Crippen molar-refractivity contribution in [3.8, 4) is 0 Å². The van der Waals surface area contributed by atoms with E-state index in [2.05, 4.69) is 18.9 Å². The average Bonchev–Trinajstić information content (AvgIpc) is 2.59. The maximum Gasteiger partial charge on any atom is 0.00952 e. The summed E-state index contributed by atoms with van der Waals surface area (Å²) in [6.45, 7) is 3.77. The summed E-state index contributed by atoms with van der Waals surface area (Å²) >= 11 is 0. The van der Waals surface area contributed by atoms with Crippen molar-refractivity contribution in [2.75, 3.05) is 7.05 Å². The van der Waals surface area contributed by atoms with Crippen molar-refractivity contribution in [1.29, 1.82) is 0 Å². The lowest BCUT2D eigenvalue weighted by Gasteiger charge is -2.22. The molecule has 70 valence electrons. The van der Waals surface area contributed by atoms with Crippen molar-refractivity contribution in [1.82, 2.24) is 5.32 Å². The summed E-state index contributed by atoms with van der Waals surface area (Å²) in [6.07, 6.45) is 10.2. The van der Waals surface area contributed by atoms with Gasteiger partial charge in [0.2, 0.25) is 0 Å². The summed E-state index contributed by atoms with van der Waals surface area (Å²) in [5.41, 5.74) is 0. The predicted octanol–water partition coefficient (Wildman–Crippen LogP) is 2.73. The van der Waals surface area contributed by atoms with Crippen molar-refractivity contribution < 1.29 is 0 Å². The van der Waals surface area contributed by atoms with Crippen molar-refractivity contribution in [3.05, 3.63) is 12.7 Å². The Bertz CT molecular complexity index is 125. The van der Waals surface area contributed by atoms with Gasteiger partial charge in [0.1, 0.15) is 0 Å². The Morgan fingerprint density at radius 3 is 2.67 bits per heavy atom. The monoisotopic (exact) mass is 167 g/mol. The molecule has 1 aliphatic rings. The molecule has 0 aromatic heterocycles. The molecule has 1 unspecified atom stereocenters. The Hall–Kier alpha value is -0.300. The number of hydrogen-bond acceptors (Lipinski definition) is 1. The molecule has 0 amide bonds. The van der Waals surface area contributed by atoms with Crippen LogP contribution < -0.4 is 5.32 Å². The molecule has 0 aromatic rings. The minimum Gasteiger partial charge on any atom is -0.317 e. The largest absolute Gasteiger partial charge is 0.317 e. The van der Waals surface area contributed by atoms with Crippen LogP contribution in [0.2, 0.25) is 0 Å². The van der Waals surface area contributed by atoms with Gasteiger partial charge in [-0.05, 0) is 38.6 Å². The zero-order valence-electron chi connectivity index (χ0n) is 8.18. The molecule has 1 N–H and O–H groups in total. The Morgan fingerprint density at radius 1 is 1.50 bits per heavy atom. The maximum absolute atomic E-state index is 3.77. The first-order chi connectivity index (χ1) is 5.88. The highest BCUT2D eigenvalue weighted by molar-refractivity contribution is 4.81. The molecule has 0 heterocycles. The molecule has 1 rings (SSSR count). The fourth-order valence-electron chi connectivity index (χ4n) is 2.27. The van der Waals surface area contributed by atoms with Gasteiger partial charge >= 0.3 is 0 Å². The van der Waals surface area contributed by atoms with E-state index in [1.807, 2.05) is 6.08 Å². The van der Waals surface area contributed by atoms with Gasteiger partial charge in [0.05, 0.1) is 0 Å². The molecule has 1 atom stereocenters. The van der Waals surface area contributed by atoms with E-state index in [-0.39, 0.29) is 0 Å². The molecule has 0 spiro atoms. The Morgan fingerprint density at radius 2 is 2.17 bits per heavy atom. The van der Waals surface area contributed by atoms with Gasteiger partial charge in [-0.15, -0.1) is 6.58 Å². The molecule has 1 heteroatoms.